The normalized spacial score (nSPS) is 12.5. The highest BCUT2D eigenvalue weighted by Gasteiger charge is 2.14. The first-order chi connectivity index (χ1) is 13.1. The molecule has 0 aliphatic heterocycles. The van der Waals surface area contributed by atoms with Gasteiger partial charge in [-0.3, -0.25) is 0 Å². The van der Waals surface area contributed by atoms with E-state index in [0.717, 1.165) is 26.4 Å². The predicted molar refractivity (Wildman–Crippen MR) is 112 cm³/mol. The molecule has 4 rings (SSSR count). The molecule has 2 heterocycles. The molecule has 2 aromatic heterocycles. The second kappa shape index (κ2) is 7.31. The second-order valence-electron chi connectivity index (χ2n) is 5.91. The lowest BCUT2D eigenvalue weighted by molar-refractivity contribution is 0.863. The molecule has 0 aliphatic rings. The van der Waals surface area contributed by atoms with Crippen LogP contribution < -0.4 is 4.80 Å². The van der Waals surface area contributed by atoms with Crippen LogP contribution in [0.4, 0.5) is 0 Å². The monoisotopic (exact) mass is 415 g/mol. The number of para-hydroxylation sites is 2. The smallest absolute Gasteiger partial charge is 0.211 e. The molecule has 0 unspecified atom stereocenters. The topological polar surface area (TPSA) is 47.5 Å². The summed E-state index contributed by atoms with van der Waals surface area (Å²) < 4.78 is 4.79. The zero-order chi connectivity index (χ0) is 19.0. The highest BCUT2D eigenvalue weighted by molar-refractivity contribution is 7.16. The molecule has 0 aliphatic carbocycles. The molecule has 0 saturated heterocycles. The van der Waals surface area contributed by atoms with E-state index >= 15 is 0 Å². The van der Waals surface area contributed by atoms with E-state index in [1.807, 2.05) is 48.9 Å². The van der Waals surface area contributed by atoms with Crippen molar-refractivity contribution in [3.63, 3.8) is 0 Å². The van der Waals surface area contributed by atoms with Gasteiger partial charge in [-0.2, -0.15) is 10.2 Å². The Morgan fingerprint density at radius 2 is 1.81 bits per heavy atom. The van der Waals surface area contributed by atoms with Crippen molar-refractivity contribution in [2.45, 2.75) is 6.92 Å². The minimum atomic E-state index is 0.445. The summed E-state index contributed by atoms with van der Waals surface area (Å²) in [7, 11) is 1.97. The van der Waals surface area contributed by atoms with Gasteiger partial charge in [-0.05, 0) is 31.2 Å². The summed E-state index contributed by atoms with van der Waals surface area (Å²) in [5.74, 6) is 0. The van der Waals surface area contributed by atoms with Gasteiger partial charge in [-0.1, -0.05) is 58.8 Å². The number of rotatable bonds is 3. The molecule has 27 heavy (non-hydrogen) atoms. The van der Waals surface area contributed by atoms with Gasteiger partial charge in [0.05, 0.1) is 38.4 Å². The average molecular weight is 416 g/mol. The lowest BCUT2D eigenvalue weighted by atomic mass is 10.3. The lowest BCUT2D eigenvalue weighted by Gasteiger charge is -2.04. The van der Waals surface area contributed by atoms with Crippen LogP contribution in [0.25, 0.3) is 15.9 Å². The fourth-order valence-corrected chi connectivity index (χ4v) is 4.26. The Balaban J connectivity index is 1.72. The molecule has 0 bridgehead atoms. The second-order valence-corrected chi connectivity index (χ2v) is 7.68. The van der Waals surface area contributed by atoms with Gasteiger partial charge in [0.2, 0.25) is 4.80 Å². The number of hydrogen-bond acceptors (Lipinski definition) is 4. The minimum Gasteiger partial charge on any atom is -0.318 e. The Morgan fingerprint density at radius 1 is 1.07 bits per heavy atom. The molecular formula is C19H15Cl2N5S. The van der Waals surface area contributed by atoms with Crippen LogP contribution in [0.5, 0.6) is 0 Å². The van der Waals surface area contributed by atoms with E-state index < -0.39 is 0 Å². The average Bonchev–Trinajstić information content (AvgIpc) is 3.13. The van der Waals surface area contributed by atoms with Crippen LogP contribution in [0.1, 0.15) is 11.3 Å². The Bertz CT molecular complexity index is 1230. The molecule has 0 radical (unpaired) electrons. The number of thiazole rings is 1. The van der Waals surface area contributed by atoms with E-state index in [-0.39, 0.29) is 0 Å². The number of hydrogen-bond donors (Lipinski definition) is 0. The molecule has 5 nitrogen and oxygen atoms in total. The maximum absolute atomic E-state index is 6.52. The van der Waals surface area contributed by atoms with Crippen molar-refractivity contribution in [3.05, 3.63) is 74.8 Å². The van der Waals surface area contributed by atoms with E-state index in [1.54, 1.807) is 28.3 Å². The summed E-state index contributed by atoms with van der Waals surface area (Å²) in [6.45, 7) is 1.88. The van der Waals surface area contributed by atoms with E-state index in [1.165, 1.54) is 0 Å². The van der Waals surface area contributed by atoms with Crippen LogP contribution in [0.3, 0.4) is 0 Å². The first-order valence-corrected chi connectivity index (χ1v) is 9.75. The summed E-state index contributed by atoms with van der Waals surface area (Å²) in [4.78, 5) is 0.805. The third kappa shape index (κ3) is 3.32. The fourth-order valence-electron chi connectivity index (χ4n) is 2.75. The number of nitrogens with zero attached hydrogens (tertiary/aromatic N) is 5. The van der Waals surface area contributed by atoms with Crippen molar-refractivity contribution in [2.75, 3.05) is 0 Å². The molecule has 0 amide bonds. The maximum atomic E-state index is 6.52. The lowest BCUT2D eigenvalue weighted by Crippen LogP contribution is -2.08. The van der Waals surface area contributed by atoms with E-state index in [0.29, 0.717) is 15.7 Å². The maximum Gasteiger partial charge on any atom is 0.211 e. The molecule has 2 aromatic carbocycles. The highest BCUT2D eigenvalue weighted by Crippen LogP contribution is 2.26. The van der Waals surface area contributed by atoms with Gasteiger partial charge in [-0.25, -0.2) is 4.68 Å². The summed E-state index contributed by atoms with van der Waals surface area (Å²) >= 11 is 14.4. The van der Waals surface area contributed by atoms with Crippen molar-refractivity contribution in [3.8, 4) is 5.69 Å². The molecule has 0 atom stereocenters. The van der Waals surface area contributed by atoms with E-state index in [9.17, 15) is 0 Å². The predicted octanol–water partition coefficient (Wildman–Crippen LogP) is 4.98. The molecule has 0 saturated carbocycles. The van der Waals surface area contributed by atoms with Crippen LogP contribution in [0.2, 0.25) is 10.2 Å². The van der Waals surface area contributed by atoms with Crippen LogP contribution in [0.15, 0.2) is 58.7 Å². The largest absolute Gasteiger partial charge is 0.318 e. The Kier molecular flexibility index (Phi) is 4.86. The van der Waals surface area contributed by atoms with Gasteiger partial charge >= 0.3 is 0 Å². The third-order valence-electron chi connectivity index (χ3n) is 4.17. The molecule has 136 valence electrons. The van der Waals surface area contributed by atoms with Crippen LogP contribution in [-0.4, -0.2) is 20.6 Å². The van der Waals surface area contributed by atoms with Gasteiger partial charge in [-0.15, -0.1) is 5.10 Å². The molecular weight excluding hydrogens is 401 g/mol. The summed E-state index contributed by atoms with van der Waals surface area (Å²) in [6.07, 6.45) is 1.63. The highest BCUT2D eigenvalue weighted by atomic mass is 35.5. The molecule has 4 aromatic rings. The summed E-state index contributed by atoms with van der Waals surface area (Å²) in [5.41, 5.74) is 3.31. The minimum absolute atomic E-state index is 0.445. The van der Waals surface area contributed by atoms with Crippen LogP contribution >= 0.6 is 34.5 Å². The zero-order valence-corrected chi connectivity index (χ0v) is 16.9. The fraction of sp³-hybridized carbons (Fsp3) is 0.105. The van der Waals surface area contributed by atoms with Crippen LogP contribution in [0, 0.1) is 6.92 Å². The van der Waals surface area contributed by atoms with Crippen molar-refractivity contribution >= 4 is 51.0 Å². The zero-order valence-electron chi connectivity index (χ0n) is 14.6. The summed E-state index contributed by atoms with van der Waals surface area (Å²) in [6, 6.07) is 15.6. The number of aromatic nitrogens is 3. The van der Waals surface area contributed by atoms with Crippen molar-refractivity contribution in [1.82, 2.24) is 14.3 Å². The van der Waals surface area contributed by atoms with E-state index in [2.05, 4.69) is 27.4 Å². The van der Waals surface area contributed by atoms with Gasteiger partial charge in [0.1, 0.15) is 5.15 Å². The SMILES string of the molecule is Cc1nn(-c2ccccc2Cl)c(Cl)c1/C=N\N=c1\sc2ccccc2n1C. The van der Waals surface area contributed by atoms with E-state index in [4.69, 9.17) is 23.2 Å². The number of halogens is 2. The molecule has 8 heteroatoms. The van der Waals surface area contributed by atoms with Crippen molar-refractivity contribution in [1.29, 1.82) is 0 Å². The van der Waals surface area contributed by atoms with Gasteiger partial charge < -0.3 is 4.57 Å². The standard InChI is InChI=1S/C19H15Cl2N5S/c1-12-13(18(21)26(24-12)15-8-4-3-7-14(15)20)11-22-23-19-25(2)16-9-5-6-10-17(16)27-19/h3-11H,1-2H3/b22-11-,23-19+. The van der Waals surface area contributed by atoms with Gasteiger partial charge in [0.15, 0.2) is 0 Å². The van der Waals surface area contributed by atoms with Crippen molar-refractivity contribution in [2.24, 2.45) is 17.3 Å². The van der Waals surface area contributed by atoms with Crippen molar-refractivity contribution < 1.29 is 0 Å². The Labute approximate surface area is 169 Å². The van der Waals surface area contributed by atoms with Gasteiger partial charge in [0, 0.05) is 7.05 Å². The molecule has 0 fully saturated rings. The Morgan fingerprint density at radius 3 is 2.59 bits per heavy atom. The first-order valence-electron chi connectivity index (χ1n) is 8.18. The number of fused-ring (bicyclic) bond motifs is 1. The number of aryl methyl sites for hydroxylation is 2. The quantitative estimate of drug-likeness (QED) is 0.343. The molecule has 0 N–H and O–H groups in total. The third-order valence-corrected chi connectivity index (χ3v) is 5.96. The summed E-state index contributed by atoms with van der Waals surface area (Å²) in [5, 5.41) is 14.1. The van der Waals surface area contributed by atoms with Crippen LogP contribution in [-0.2, 0) is 7.05 Å². The van der Waals surface area contributed by atoms with Gasteiger partial charge in [0.25, 0.3) is 0 Å². The first kappa shape index (κ1) is 18.0. The Hall–Kier alpha value is -2.41. The molecule has 0 spiro atoms. The number of benzene rings is 2.